The van der Waals surface area contributed by atoms with Crippen molar-refractivity contribution in [1.29, 1.82) is 0 Å². The number of esters is 2. The summed E-state index contributed by atoms with van der Waals surface area (Å²) in [5, 5.41) is 1.53. The smallest absolute Gasteiger partial charge is 0.343 e. The minimum absolute atomic E-state index is 0. The number of hydrogen-bond donors (Lipinski definition) is 1. The Morgan fingerprint density at radius 1 is 0.788 bits per heavy atom. The number of nitrogens with two attached hydrogens (primary N) is 1. The molecule has 168 valence electrons. The molecule has 4 aromatic carbocycles. The molecule has 33 heavy (non-hydrogen) atoms. The van der Waals surface area contributed by atoms with E-state index in [0.717, 1.165) is 16.3 Å². The molecule has 0 aliphatic heterocycles. The number of benzene rings is 4. The van der Waals surface area contributed by atoms with Gasteiger partial charge in [0, 0.05) is 11.5 Å². The van der Waals surface area contributed by atoms with E-state index in [1.54, 1.807) is 60.7 Å². The number of ether oxygens (including phenoxy) is 2. The van der Waals surface area contributed by atoms with Gasteiger partial charge in [0.1, 0.15) is 11.5 Å². The third kappa shape index (κ3) is 5.58. The minimum Gasteiger partial charge on any atom is -0.423 e. The molecule has 0 saturated carbocycles. The molecule has 0 aromatic heterocycles. The highest BCUT2D eigenvalue weighted by Crippen LogP contribution is 2.34. The SMILES string of the molecule is CC(CN)c1ccc2cc(OC(=O)c3ccccc3)cc(OC(=O)c3ccccc3)c2c1.Cl. The predicted octanol–water partition coefficient (Wildman–Crippen LogP) is 5.76. The van der Waals surface area contributed by atoms with E-state index in [-0.39, 0.29) is 18.3 Å². The molecular weight excluding hydrogens is 438 g/mol. The summed E-state index contributed by atoms with van der Waals surface area (Å²) in [5.41, 5.74) is 7.73. The molecule has 0 heterocycles. The predicted molar refractivity (Wildman–Crippen MR) is 131 cm³/mol. The van der Waals surface area contributed by atoms with Crippen LogP contribution >= 0.6 is 12.4 Å². The summed E-state index contributed by atoms with van der Waals surface area (Å²) >= 11 is 0. The molecule has 2 N–H and O–H groups in total. The van der Waals surface area contributed by atoms with E-state index in [0.29, 0.717) is 29.2 Å². The van der Waals surface area contributed by atoms with E-state index in [2.05, 4.69) is 0 Å². The van der Waals surface area contributed by atoms with Crippen LogP contribution in [-0.2, 0) is 0 Å². The van der Waals surface area contributed by atoms with E-state index in [9.17, 15) is 9.59 Å². The topological polar surface area (TPSA) is 78.6 Å². The summed E-state index contributed by atoms with van der Waals surface area (Å²) < 4.78 is 11.3. The maximum absolute atomic E-state index is 12.7. The molecule has 0 saturated heterocycles. The van der Waals surface area contributed by atoms with Crippen LogP contribution in [0.1, 0.15) is 39.1 Å². The largest absolute Gasteiger partial charge is 0.423 e. The number of hydrogen-bond acceptors (Lipinski definition) is 5. The number of rotatable bonds is 6. The first-order valence-electron chi connectivity index (χ1n) is 10.4. The van der Waals surface area contributed by atoms with Crippen LogP contribution in [0.15, 0.2) is 91.0 Å². The third-order valence-electron chi connectivity index (χ3n) is 5.27. The molecule has 6 heteroatoms. The van der Waals surface area contributed by atoms with Crippen molar-refractivity contribution in [1.82, 2.24) is 0 Å². The van der Waals surface area contributed by atoms with E-state index >= 15 is 0 Å². The van der Waals surface area contributed by atoms with Crippen molar-refractivity contribution in [2.45, 2.75) is 12.8 Å². The first-order chi connectivity index (χ1) is 15.5. The van der Waals surface area contributed by atoms with Gasteiger partial charge in [-0.2, -0.15) is 0 Å². The van der Waals surface area contributed by atoms with Gasteiger partial charge in [-0.1, -0.05) is 55.5 Å². The monoisotopic (exact) mass is 461 g/mol. The zero-order chi connectivity index (χ0) is 22.5. The Bertz CT molecular complexity index is 1260. The highest BCUT2D eigenvalue weighted by Gasteiger charge is 2.16. The molecule has 0 aliphatic carbocycles. The molecule has 0 amide bonds. The van der Waals surface area contributed by atoms with E-state index < -0.39 is 11.9 Å². The van der Waals surface area contributed by atoms with Crippen molar-refractivity contribution in [3.05, 3.63) is 108 Å². The van der Waals surface area contributed by atoms with Gasteiger partial charge in [0.25, 0.3) is 0 Å². The summed E-state index contributed by atoms with van der Waals surface area (Å²) in [4.78, 5) is 25.3. The summed E-state index contributed by atoms with van der Waals surface area (Å²) in [6, 6.07) is 26.6. The highest BCUT2D eigenvalue weighted by molar-refractivity contribution is 5.97. The van der Waals surface area contributed by atoms with Crippen LogP contribution in [0.4, 0.5) is 0 Å². The van der Waals surface area contributed by atoms with Crippen molar-refractivity contribution in [3.63, 3.8) is 0 Å². The lowest BCUT2D eigenvalue weighted by atomic mass is 9.97. The number of halogens is 1. The first kappa shape index (κ1) is 24.0. The van der Waals surface area contributed by atoms with Gasteiger partial charge in [-0.3, -0.25) is 0 Å². The molecule has 5 nitrogen and oxygen atoms in total. The molecule has 0 aliphatic rings. The van der Waals surface area contributed by atoms with Crippen LogP contribution in [0.25, 0.3) is 10.8 Å². The lowest BCUT2D eigenvalue weighted by molar-refractivity contribution is 0.0734. The Hall–Kier alpha value is -3.67. The number of carbonyl (C=O) groups is 2. The Balaban J connectivity index is 0.00000306. The van der Waals surface area contributed by atoms with Crippen LogP contribution in [0.3, 0.4) is 0 Å². The minimum atomic E-state index is -0.490. The molecule has 4 rings (SSSR count). The van der Waals surface area contributed by atoms with Crippen LogP contribution in [0.2, 0.25) is 0 Å². The fourth-order valence-corrected chi connectivity index (χ4v) is 3.37. The zero-order valence-electron chi connectivity index (χ0n) is 18.1. The second-order valence-electron chi connectivity index (χ2n) is 7.55. The fourth-order valence-electron chi connectivity index (χ4n) is 3.37. The maximum atomic E-state index is 12.7. The second-order valence-corrected chi connectivity index (χ2v) is 7.55. The van der Waals surface area contributed by atoms with E-state index in [4.69, 9.17) is 15.2 Å². The summed E-state index contributed by atoms with van der Waals surface area (Å²) in [7, 11) is 0. The lowest BCUT2D eigenvalue weighted by Gasteiger charge is -2.14. The third-order valence-corrected chi connectivity index (χ3v) is 5.27. The summed E-state index contributed by atoms with van der Waals surface area (Å²) in [6.07, 6.45) is 0. The first-order valence-corrected chi connectivity index (χ1v) is 10.4. The van der Waals surface area contributed by atoms with Crippen LogP contribution in [0.5, 0.6) is 11.5 Å². The summed E-state index contributed by atoms with van der Waals surface area (Å²) in [6.45, 7) is 2.53. The van der Waals surface area contributed by atoms with Gasteiger partial charge in [-0.25, -0.2) is 9.59 Å². The number of fused-ring (bicyclic) bond motifs is 1. The second kappa shape index (κ2) is 10.8. The number of carbonyl (C=O) groups excluding carboxylic acids is 2. The van der Waals surface area contributed by atoms with Crippen LogP contribution in [-0.4, -0.2) is 18.5 Å². The molecule has 0 bridgehead atoms. The molecule has 1 atom stereocenters. The summed E-state index contributed by atoms with van der Waals surface area (Å²) in [5.74, 6) is -0.220. The van der Waals surface area contributed by atoms with E-state index in [1.165, 1.54) is 0 Å². The van der Waals surface area contributed by atoms with Gasteiger partial charge < -0.3 is 15.2 Å². The van der Waals surface area contributed by atoms with Crippen LogP contribution < -0.4 is 15.2 Å². The van der Waals surface area contributed by atoms with Crippen molar-refractivity contribution in [2.24, 2.45) is 5.73 Å². The van der Waals surface area contributed by atoms with Crippen molar-refractivity contribution < 1.29 is 19.1 Å². The zero-order valence-corrected chi connectivity index (χ0v) is 18.9. The van der Waals surface area contributed by atoms with Crippen molar-refractivity contribution >= 4 is 35.1 Å². The molecule has 0 spiro atoms. The molecular formula is C27H24ClNO4. The molecule has 1 unspecified atom stereocenters. The van der Waals surface area contributed by atoms with Crippen molar-refractivity contribution in [3.8, 4) is 11.5 Å². The van der Waals surface area contributed by atoms with E-state index in [1.807, 2.05) is 37.3 Å². The Labute approximate surface area is 198 Å². The molecule has 4 aromatic rings. The fraction of sp³-hybridized carbons (Fsp3) is 0.111. The Morgan fingerprint density at radius 3 is 1.94 bits per heavy atom. The van der Waals surface area contributed by atoms with Crippen molar-refractivity contribution in [2.75, 3.05) is 6.54 Å². The highest BCUT2D eigenvalue weighted by atomic mass is 35.5. The lowest BCUT2D eigenvalue weighted by Crippen LogP contribution is -2.11. The Kier molecular flexibility index (Phi) is 7.83. The van der Waals surface area contributed by atoms with Gasteiger partial charge in [-0.15, -0.1) is 12.4 Å². The molecule has 0 fully saturated rings. The average Bonchev–Trinajstić information content (AvgIpc) is 2.84. The standard InChI is InChI=1S/C27H23NO4.ClH/c1-18(17-28)21-12-13-22-14-23(31-26(29)19-8-4-2-5-9-19)16-25(24(22)15-21)32-27(30)20-10-6-3-7-11-20;/h2-16,18H,17,28H2,1H3;1H. The maximum Gasteiger partial charge on any atom is 0.343 e. The van der Waals surface area contributed by atoms with Gasteiger partial charge >= 0.3 is 11.9 Å². The average molecular weight is 462 g/mol. The van der Waals surface area contributed by atoms with Gasteiger partial charge in [-0.05, 0) is 59.8 Å². The van der Waals surface area contributed by atoms with Gasteiger partial charge in [0.15, 0.2) is 0 Å². The normalized spacial score (nSPS) is 11.3. The van der Waals surface area contributed by atoms with Gasteiger partial charge in [0.2, 0.25) is 0 Å². The molecule has 0 radical (unpaired) electrons. The van der Waals surface area contributed by atoms with Gasteiger partial charge in [0.05, 0.1) is 11.1 Å². The van der Waals surface area contributed by atoms with Crippen LogP contribution in [0, 0.1) is 0 Å². The quantitative estimate of drug-likeness (QED) is 0.291. The Morgan fingerprint density at radius 2 is 1.36 bits per heavy atom.